The Morgan fingerprint density at radius 1 is 1.00 bits per heavy atom. The van der Waals surface area contributed by atoms with Crippen molar-refractivity contribution < 1.29 is 9.47 Å². The Morgan fingerprint density at radius 2 is 1.80 bits per heavy atom. The van der Waals surface area contributed by atoms with Gasteiger partial charge in [-0.05, 0) is 50.6 Å². The van der Waals surface area contributed by atoms with Gasteiger partial charge in [-0.25, -0.2) is 5.43 Å². The van der Waals surface area contributed by atoms with Crippen LogP contribution in [0.1, 0.15) is 26.3 Å². The molecule has 0 aliphatic heterocycles. The lowest BCUT2D eigenvalue weighted by Crippen LogP contribution is -2.02. The molecule has 8 nitrogen and oxygen atoms in total. The fourth-order valence-electron chi connectivity index (χ4n) is 3.38. The SMILES string of the molecule is CCOc1ccc(/C=N/Nc2nnc3c4ccccc4n(CC)c3n2)cc1OCC. The first-order chi connectivity index (χ1) is 14.7. The van der Waals surface area contributed by atoms with Gasteiger partial charge in [0.2, 0.25) is 0 Å². The maximum atomic E-state index is 5.65. The van der Waals surface area contributed by atoms with Crippen molar-refractivity contribution in [3.63, 3.8) is 0 Å². The van der Waals surface area contributed by atoms with Crippen LogP contribution >= 0.6 is 0 Å². The topological polar surface area (TPSA) is 86.5 Å². The first-order valence-electron chi connectivity index (χ1n) is 10.1. The van der Waals surface area contributed by atoms with Gasteiger partial charge in [-0.2, -0.15) is 10.1 Å². The lowest BCUT2D eigenvalue weighted by atomic mass is 10.2. The smallest absolute Gasteiger partial charge is 0.265 e. The molecule has 4 rings (SSSR count). The second kappa shape index (κ2) is 8.77. The summed E-state index contributed by atoms with van der Waals surface area (Å²) in [7, 11) is 0. The van der Waals surface area contributed by atoms with Crippen LogP contribution in [0.15, 0.2) is 47.6 Å². The zero-order valence-electron chi connectivity index (χ0n) is 17.3. The molecule has 0 atom stereocenters. The van der Waals surface area contributed by atoms with E-state index in [-0.39, 0.29) is 0 Å². The molecular formula is C22H24N6O2. The van der Waals surface area contributed by atoms with E-state index in [1.807, 2.05) is 50.2 Å². The predicted octanol–water partition coefficient (Wildman–Crippen LogP) is 4.24. The molecule has 0 fully saturated rings. The van der Waals surface area contributed by atoms with E-state index in [9.17, 15) is 0 Å². The number of aryl methyl sites for hydroxylation is 1. The van der Waals surface area contributed by atoms with Crippen molar-refractivity contribution >= 4 is 34.2 Å². The van der Waals surface area contributed by atoms with E-state index < -0.39 is 0 Å². The second-order valence-corrected chi connectivity index (χ2v) is 6.51. The molecule has 154 valence electrons. The number of hydrogen-bond donors (Lipinski definition) is 1. The number of aromatic nitrogens is 4. The predicted molar refractivity (Wildman–Crippen MR) is 118 cm³/mol. The Balaban J connectivity index is 1.58. The Bertz CT molecular complexity index is 1200. The normalized spacial score (nSPS) is 11.4. The Morgan fingerprint density at radius 3 is 2.60 bits per heavy atom. The molecule has 0 saturated carbocycles. The van der Waals surface area contributed by atoms with Crippen LogP contribution in [0, 0.1) is 0 Å². The van der Waals surface area contributed by atoms with Gasteiger partial charge in [0, 0.05) is 11.9 Å². The zero-order chi connectivity index (χ0) is 20.9. The average Bonchev–Trinajstić information content (AvgIpc) is 3.08. The first kappa shape index (κ1) is 19.6. The molecule has 8 heteroatoms. The summed E-state index contributed by atoms with van der Waals surface area (Å²) in [6.45, 7) is 7.89. The number of hydrogen-bond acceptors (Lipinski definition) is 7. The number of fused-ring (bicyclic) bond motifs is 3. The summed E-state index contributed by atoms with van der Waals surface area (Å²) in [6, 6.07) is 13.8. The Hall–Kier alpha value is -3.68. The average molecular weight is 404 g/mol. The monoisotopic (exact) mass is 404 g/mol. The maximum absolute atomic E-state index is 5.65. The number of para-hydroxylation sites is 1. The number of nitrogens with one attached hydrogen (secondary N) is 1. The van der Waals surface area contributed by atoms with Gasteiger partial charge in [-0.1, -0.05) is 18.2 Å². The minimum absolute atomic E-state index is 0.340. The highest BCUT2D eigenvalue weighted by Crippen LogP contribution is 2.28. The summed E-state index contributed by atoms with van der Waals surface area (Å²) in [5.41, 5.74) is 6.40. The van der Waals surface area contributed by atoms with Crippen molar-refractivity contribution in [3.8, 4) is 11.5 Å². The van der Waals surface area contributed by atoms with Crippen LogP contribution in [0.25, 0.3) is 22.1 Å². The van der Waals surface area contributed by atoms with Crippen molar-refractivity contribution in [2.24, 2.45) is 5.10 Å². The van der Waals surface area contributed by atoms with Crippen molar-refractivity contribution in [1.82, 2.24) is 19.7 Å². The lowest BCUT2D eigenvalue weighted by Gasteiger charge is -2.11. The summed E-state index contributed by atoms with van der Waals surface area (Å²) in [5.74, 6) is 1.75. The van der Waals surface area contributed by atoms with Crippen LogP contribution in [0.3, 0.4) is 0 Å². The van der Waals surface area contributed by atoms with E-state index in [1.165, 1.54) is 0 Å². The molecule has 1 N–H and O–H groups in total. The number of hydrazone groups is 1. The standard InChI is InChI=1S/C22H24N6O2/c1-4-28-17-10-8-7-9-16(17)20-21(28)24-22(27-25-20)26-23-14-15-11-12-18(29-5-2)19(13-15)30-6-3/h7-14H,4-6H2,1-3H3,(H,24,26,27)/b23-14+. The fraction of sp³-hybridized carbons (Fsp3) is 0.273. The molecule has 2 heterocycles. The number of benzene rings is 2. The van der Waals surface area contributed by atoms with E-state index >= 15 is 0 Å². The quantitative estimate of drug-likeness (QED) is 0.349. The number of rotatable bonds is 8. The molecule has 0 spiro atoms. The van der Waals surface area contributed by atoms with E-state index in [0.717, 1.165) is 39.9 Å². The third-order valence-corrected chi connectivity index (χ3v) is 4.64. The van der Waals surface area contributed by atoms with Crippen molar-refractivity contribution in [3.05, 3.63) is 48.0 Å². The number of nitrogens with zero attached hydrogens (tertiary/aromatic N) is 5. The van der Waals surface area contributed by atoms with Gasteiger partial charge in [-0.15, -0.1) is 10.2 Å². The molecule has 2 aromatic heterocycles. The minimum atomic E-state index is 0.340. The van der Waals surface area contributed by atoms with E-state index in [0.29, 0.717) is 24.9 Å². The summed E-state index contributed by atoms with van der Waals surface area (Å²) in [4.78, 5) is 4.62. The fourth-order valence-corrected chi connectivity index (χ4v) is 3.38. The van der Waals surface area contributed by atoms with Gasteiger partial charge >= 0.3 is 0 Å². The molecule has 2 aromatic carbocycles. The Kier molecular flexibility index (Phi) is 5.74. The molecule has 4 aromatic rings. The van der Waals surface area contributed by atoms with Crippen molar-refractivity contribution in [2.45, 2.75) is 27.3 Å². The van der Waals surface area contributed by atoms with Gasteiger partial charge < -0.3 is 14.0 Å². The molecule has 30 heavy (non-hydrogen) atoms. The van der Waals surface area contributed by atoms with Gasteiger partial charge in [0.05, 0.1) is 24.9 Å². The number of anilines is 1. The summed E-state index contributed by atoms with van der Waals surface area (Å²) in [5, 5.41) is 13.8. The van der Waals surface area contributed by atoms with E-state index in [4.69, 9.17) is 9.47 Å². The molecule has 0 amide bonds. The van der Waals surface area contributed by atoms with Crippen LogP contribution in [-0.4, -0.2) is 39.2 Å². The molecular weight excluding hydrogens is 380 g/mol. The third kappa shape index (κ3) is 3.76. The van der Waals surface area contributed by atoms with Crippen LogP contribution in [-0.2, 0) is 6.54 Å². The molecule has 0 unspecified atom stereocenters. The third-order valence-electron chi connectivity index (χ3n) is 4.64. The molecule has 0 radical (unpaired) electrons. The molecule has 0 saturated heterocycles. The highest BCUT2D eigenvalue weighted by atomic mass is 16.5. The summed E-state index contributed by atoms with van der Waals surface area (Å²) in [6.07, 6.45) is 1.68. The van der Waals surface area contributed by atoms with Gasteiger partial charge in [-0.3, -0.25) is 0 Å². The molecule has 0 aliphatic rings. The van der Waals surface area contributed by atoms with Crippen LogP contribution < -0.4 is 14.9 Å². The van der Waals surface area contributed by atoms with E-state index in [2.05, 4.69) is 43.3 Å². The minimum Gasteiger partial charge on any atom is -0.490 e. The largest absolute Gasteiger partial charge is 0.490 e. The van der Waals surface area contributed by atoms with Gasteiger partial charge in [0.25, 0.3) is 5.95 Å². The summed E-state index contributed by atoms with van der Waals surface area (Å²) < 4.78 is 13.4. The van der Waals surface area contributed by atoms with Gasteiger partial charge in [0.1, 0.15) is 5.52 Å². The van der Waals surface area contributed by atoms with Crippen molar-refractivity contribution in [2.75, 3.05) is 18.6 Å². The van der Waals surface area contributed by atoms with Crippen LogP contribution in [0.5, 0.6) is 11.5 Å². The van der Waals surface area contributed by atoms with Crippen molar-refractivity contribution in [1.29, 1.82) is 0 Å². The van der Waals surface area contributed by atoms with Crippen LogP contribution in [0.4, 0.5) is 5.95 Å². The lowest BCUT2D eigenvalue weighted by molar-refractivity contribution is 0.288. The highest BCUT2D eigenvalue weighted by Gasteiger charge is 2.13. The maximum Gasteiger partial charge on any atom is 0.265 e. The first-order valence-corrected chi connectivity index (χ1v) is 10.1. The Labute approximate surface area is 174 Å². The van der Waals surface area contributed by atoms with Gasteiger partial charge in [0.15, 0.2) is 17.1 Å². The highest BCUT2D eigenvalue weighted by molar-refractivity contribution is 6.04. The number of ether oxygens (including phenoxy) is 2. The summed E-state index contributed by atoms with van der Waals surface area (Å²) >= 11 is 0. The molecule has 0 aliphatic carbocycles. The molecule has 0 bridgehead atoms. The second-order valence-electron chi connectivity index (χ2n) is 6.51. The zero-order valence-corrected chi connectivity index (χ0v) is 17.3. The van der Waals surface area contributed by atoms with E-state index in [1.54, 1.807) is 6.21 Å². The van der Waals surface area contributed by atoms with Crippen LogP contribution in [0.2, 0.25) is 0 Å².